The van der Waals surface area contributed by atoms with Gasteiger partial charge in [0.15, 0.2) is 0 Å². The van der Waals surface area contributed by atoms with Gasteiger partial charge in [-0.15, -0.1) is 13.8 Å². The van der Waals surface area contributed by atoms with E-state index in [2.05, 4.69) is 28.4 Å². The Balaban J connectivity index is -0.0000000781. The Labute approximate surface area is 162 Å². The number of aliphatic imine (C=N–C) groups is 2. The van der Waals surface area contributed by atoms with Gasteiger partial charge in [0.05, 0.1) is 0 Å². The molecule has 1 aliphatic rings. The van der Waals surface area contributed by atoms with Crippen molar-refractivity contribution in [3.05, 3.63) is 49.4 Å². The van der Waals surface area contributed by atoms with Crippen molar-refractivity contribution in [3.8, 4) is 0 Å². The Morgan fingerprint density at radius 2 is 1.94 bits per heavy atom. The van der Waals surface area contributed by atoms with E-state index < -0.39 is 0 Å². The molecular weight excluding hydrogens is 374 g/mol. The minimum atomic E-state index is 0. The van der Waals surface area contributed by atoms with Crippen LogP contribution in [0.4, 0.5) is 0 Å². The summed E-state index contributed by atoms with van der Waals surface area (Å²) >= 11 is 0. The van der Waals surface area contributed by atoms with Crippen LogP contribution in [0, 0.1) is 19.2 Å². The maximum Gasteiger partial charge on any atom is 0.0332 e. The fourth-order valence-electron chi connectivity index (χ4n) is 0.643. The van der Waals surface area contributed by atoms with E-state index in [0.717, 1.165) is 12.1 Å². The molecule has 0 bridgehead atoms. The molecule has 0 aromatic rings. The van der Waals surface area contributed by atoms with Crippen LogP contribution in [0.3, 0.4) is 0 Å². The van der Waals surface area contributed by atoms with Gasteiger partial charge in [-0.3, -0.25) is 4.99 Å². The maximum atomic E-state index is 4.90. The van der Waals surface area contributed by atoms with Crippen molar-refractivity contribution in [1.82, 2.24) is 0 Å². The number of hydrogen-bond acceptors (Lipinski definition) is 2. The molecule has 1 aliphatic heterocycles. The van der Waals surface area contributed by atoms with E-state index in [1.165, 1.54) is 12.3 Å². The molecule has 0 unspecified atom stereocenters. The third-order valence-electron chi connectivity index (χ3n) is 1.28. The van der Waals surface area contributed by atoms with Gasteiger partial charge in [-0.05, 0) is 6.92 Å². The van der Waals surface area contributed by atoms with Gasteiger partial charge in [0, 0.05) is 83.8 Å². The largest absolute Gasteiger partial charge is 0.601 e. The first-order valence-corrected chi connectivity index (χ1v) is 4.86. The molecule has 0 atom stereocenters. The van der Waals surface area contributed by atoms with Gasteiger partial charge in [-0.25, -0.2) is 0 Å². The van der Waals surface area contributed by atoms with Gasteiger partial charge in [0.1, 0.15) is 0 Å². The smallest absolute Gasteiger partial charge is 0.0332 e. The van der Waals surface area contributed by atoms with Gasteiger partial charge in [0.25, 0.3) is 0 Å². The molecule has 4 heteroatoms. The van der Waals surface area contributed by atoms with Gasteiger partial charge in [-0.2, -0.15) is 6.21 Å². The molecule has 0 N–H and O–H groups in total. The average Bonchev–Trinajstić information content (AvgIpc) is 2.73. The number of nitrogens with zero attached hydrogens (tertiary/aromatic N) is 2. The Hall–Kier alpha value is 0.508. The summed E-state index contributed by atoms with van der Waals surface area (Å²) in [6.45, 7) is 15.2. The molecular formula is C14H18N2Y2-4. The molecule has 94 valence electrons. The maximum absolute atomic E-state index is 4.90. The third kappa shape index (κ3) is 30.0. The summed E-state index contributed by atoms with van der Waals surface area (Å²) in [5.41, 5.74) is 1.15. The third-order valence-corrected chi connectivity index (χ3v) is 1.28. The molecule has 18 heavy (non-hydrogen) atoms. The van der Waals surface area contributed by atoms with Crippen molar-refractivity contribution in [3.63, 3.8) is 0 Å². The van der Waals surface area contributed by atoms with Crippen LogP contribution in [0.25, 0.3) is 0 Å². The minimum Gasteiger partial charge on any atom is -0.601 e. The summed E-state index contributed by atoms with van der Waals surface area (Å²) in [6.07, 6.45) is 14.5. The zero-order valence-corrected chi connectivity index (χ0v) is 17.0. The van der Waals surface area contributed by atoms with Crippen LogP contribution in [0.2, 0.25) is 0 Å². The first-order valence-electron chi connectivity index (χ1n) is 4.86. The van der Waals surface area contributed by atoms with Gasteiger partial charge in [-0.1, -0.05) is 6.08 Å². The fourth-order valence-corrected chi connectivity index (χ4v) is 0.643. The van der Waals surface area contributed by atoms with Crippen molar-refractivity contribution in [2.24, 2.45) is 9.98 Å². The molecule has 0 aromatic heterocycles. The molecule has 0 fully saturated rings. The molecule has 1 heterocycles. The second kappa shape index (κ2) is 26.1. The summed E-state index contributed by atoms with van der Waals surface area (Å²) in [7, 11) is 0. The molecule has 2 nitrogen and oxygen atoms in total. The predicted octanol–water partition coefficient (Wildman–Crippen LogP) is 3.62. The number of allylic oxidation sites excluding steroid dienone is 5. The molecule has 0 amide bonds. The molecule has 0 spiro atoms. The van der Waals surface area contributed by atoms with Crippen LogP contribution in [0.5, 0.6) is 0 Å². The zero-order valence-electron chi connectivity index (χ0n) is 11.3. The second-order valence-corrected chi connectivity index (χ2v) is 2.54. The monoisotopic (exact) mass is 392 g/mol. The van der Waals surface area contributed by atoms with Crippen LogP contribution in [-0.4, -0.2) is 12.4 Å². The normalized spacial score (nSPS) is 11.2. The van der Waals surface area contributed by atoms with Crippen LogP contribution in [0.1, 0.15) is 27.2 Å². The van der Waals surface area contributed by atoms with Crippen molar-refractivity contribution in [2.45, 2.75) is 27.2 Å². The van der Waals surface area contributed by atoms with E-state index in [9.17, 15) is 0 Å². The van der Waals surface area contributed by atoms with Gasteiger partial charge < -0.3 is 42.6 Å². The summed E-state index contributed by atoms with van der Waals surface area (Å²) in [6, 6.07) is 0. The topological polar surface area (TPSA) is 24.7 Å². The predicted molar refractivity (Wildman–Crippen MR) is 71.2 cm³/mol. The van der Waals surface area contributed by atoms with Crippen molar-refractivity contribution < 1.29 is 65.4 Å². The Morgan fingerprint density at radius 3 is 2.00 bits per heavy atom. The van der Waals surface area contributed by atoms with E-state index in [-0.39, 0.29) is 65.4 Å². The molecule has 1 rings (SSSR count). The summed E-state index contributed by atoms with van der Waals surface area (Å²) < 4.78 is 0. The quantitative estimate of drug-likeness (QED) is 0.390. The van der Waals surface area contributed by atoms with E-state index >= 15 is 0 Å². The molecule has 0 aromatic carbocycles. The zero-order chi connectivity index (χ0) is 12.6. The van der Waals surface area contributed by atoms with Crippen molar-refractivity contribution >= 4 is 12.4 Å². The van der Waals surface area contributed by atoms with E-state index in [1.54, 1.807) is 19.9 Å². The van der Waals surface area contributed by atoms with Crippen LogP contribution >= 0.6 is 0 Å². The fraction of sp³-hybridized carbons (Fsp3) is 0.286. The van der Waals surface area contributed by atoms with Crippen LogP contribution in [0.15, 0.2) is 40.1 Å². The average molecular weight is 392 g/mol. The Bertz CT molecular complexity index is 271. The SMILES string of the molecule is CC1=CCC=N1.[CH-]=CC=[C-]C.[CH-]=CN=[C-]C.[Y].[Y]. The molecule has 0 saturated carbocycles. The first kappa shape index (κ1) is 27.0. The van der Waals surface area contributed by atoms with E-state index in [1.807, 2.05) is 13.1 Å². The van der Waals surface area contributed by atoms with Crippen LogP contribution in [-0.2, 0) is 65.4 Å². The standard InChI is InChI=1S/C5H7N.C5H6.C4H5N.2Y/c1-5-3-2-4-6-5;2*1-3-5-4-2;;/h3-4H,2H2,1H3;1,3,5H,2H3;1,3H,2H3;;/q;2*-2;;. The van der Waals surface area contributed by atoms with Crippen LogP contribution < -0.4 is 0 Å². The number of hydrogen-bond donors (Lipinski definition) is 0. The Morgan fingerprint density at radius 1 is 1.33 bits per heavy atom. The van der Waals surface area contributed by atoms with Gasteiger partial charge >= 0.3 is 0 Å². The van der Waals surface area contributed by atoms with E-state index in [0.29, 0.717) is 0 Å². The Kier molecular flexibility index (Phi) is 39.2. The summed E-state index contributed by atoms with van der Waals surface area (Å²) in [4.78, 5) is 7.35. The molecule has 0 aliphatic carbocycles. The summed E-state index contributed by atoms with van der Waals surface area (Å²) in [5.74, 6) is 0. The van der Waals surface area contributed by atoms with Crippen molar-refractivity contribution in [1.29, 1.82) is 0 Å². The second-order valence-electron chi connectivity index (χ2n) is 2.54. The van der Waals surface area contributed by atoms with Gasteiger partial charge in [0.2, 0.25) is 0 Å². The molecule has 2 radical (unpaired) electrons. The van der Waals surface area contributed by atoms with E-state index in [4.69, 9.17) is 13.2 Å². The minimum absolute atomic E-state index is 0. The summed E-state index contributed by atoms with van der Waals surface area (Å²) in [5, 5.41) is 0. The van der Waals surface area contributed by atoms with Crippen molar-refractivity contribution in [2.75, 3.05) is 0 Å². The first-order chi connectivity index (χ1) is 7.72. The number of rotatable bonds is 2. The molecule has 0 saturated heterocycles.